The molecule has 2 N–H and O–H groups in total. The molecule has 0 atom stereocenters. The summed E-state index contributed by atoms with van der Waals surface area (Å²) in [4.78, 5) is 0. The van der Waals surface area contributed by atoms with Gasteiger partial charge in [-0.25, -0.2) is 4.39 Å². The lowest BCUT2D eigenvalue weighted by molar-refractivity contribution is 0.630. The third kappa shape index (κ3) is 2.28. The summed E-state index contributed by atoms with van der Waals surface area (Å²) in [5.41, 5.74) is 2.13. The Morgan fingerprint density at radius 3 is 2.94 bits per heavy atom. The van der Waals surface area contributed by atoms with E-state index in [1.807, 2.05) is 13.0 Å². The van der Waals surface area contributed by atoms with Gasteiger partial charge in [0.15, 0.2) is 0 Å². The van der Waals surface area contributed by atoms with Crippen LogP contribution in [0.2, 0.25) is 0 Å². The van der Waals surface area contributed by atoms with Crippen LogP contribution in [0.5, 0.6) is 0 Å². The molecule has 0 bridgehead atoms. The Morgan fingerprint density at radius 1 is 1.38 bits per heavy atom. The number of nitrogens with zero attached hydrogens (tertiary/aromatic N) is 1. The van der Waals surface area contributed by atoms with Crippen LogP contribution >= 0.6 is 0 Å². The van der Waals surface area contributed by atoms with Gasteiger partial charge in [0.25, 0.3) is 0 Å². The van der Waals surface area contributed by atoms with Crippen molar-refractivity contribution in [2.24, 2.45) is 0 Å². The second-order valence-corrected chi connectivity index (χ2v) is 3.54. The van der Waals surface area contributed by atoms with E-state index in [0.717, 1.165) is 18.8 Å². The minimum Gasteiger partial charge on any atom is -0.311 e. The summed E-state index contributed by atoms with van der Waals surface area (Å²) in [7, 11) is 0. The van der Waals surface area contributed by atoms with Crippen LogP contribution in [-0.4, -0.2) is 16.7 Å². The van der Waals surface area contributed by atoms with Crippen LogP contribution in [0, 0.1) is 5.82 Å². The van der Waals surface area contributed by atoms with Crippen molar-refractivity contribution in [3.05, 3.63) is 41.8 Å². The summed E-state index contributed by atoms with van der Waals surface area (Å²) in [6.07, 6.45) is 0. The summed E-state index contributed by atoms with van der Waals surface area (Å²) >= 11 is 0. The highest BCUT2D eigenvalue weighted by atomic mass is 19.1. The minimum absolute atomic E-state index is 0.246. The summed E-state index contributed by atoms with van der Waals surface area (Å²) < 4.78 is 13.5. The number of aromatic amines is 1. The number of hydrogen-bond acceptors (Lipinski definition) is 2. The maximum atomic E-state index is 13.5. The monoisotopic (exact) mass is 219 g/mol. The summed E-state index contributed by atoms with van der Waals surface area (Å²) in [5.74, 6) is -0.246. The molecule has 0 fully saturated rings. The Balaban J connectivity index is 2.22. The van der Waals surface area contributed by atoms with Gasteiger partial charge in [0.2, 0.25) is 0 Å². The Hall–Kier alpha value is -1.68. The molecule has 4 heteroatoms. The zero-order valence-electron chi connectivity index (χ0n) is 9.13. The van der Waals surface area contributed by atoms with Gasteiger partial charge in [0.1, 0.15) is 5.82 Å². The molecular weight excluding hydrogens is 205 g/mol. The number of halogens is 1. The number of hydrogen-bond donors (Lipinski definition) is 2. The van der Waals surface area contributed by atoms with Gasteiger partial charge < -0.3 is 5.32 Å². The predicted molar refractivity (Wildman–Crippen MR) is 61.4 cm³/mol. The van der Waals surface area contributed by atoms with E-state index in [1.54, 1.807) is 18.2 Å². The first-order valence-electron chi connectivity index (χ1n) is 5.31. The van der Waals surface area contributed by atoms with Crippen molar-refractivity contribution in [1.82, 2.24) is 15.5 Å². The highest BCUT2D eigenvalue weighted by Gasteiger charge is 2.07. The van der Waals surface area contributed by atoms with Crippen molar-refractivity contribution in [3.63, 3.8) is 0 Å². The maximum Gasteiger partial charge on any atom is 0.132 e. The topological polar surface area (TPSA) is 40.7 Å². The molecule has 0 unspecified atom stereocenters. The molecule has 0 radical (unpaired) electrons. The van der Waals surface area contributed by atoms with Crippen LogP contribution < -0.4 is 5.32 Å². The van der Waals surface area contributed by atoms with Crippen molar-refractivity contribution in [3.8, 4) is 11.3 Å². The second kappa shape index (κ2) is 4.90. The van der Waals surface area contributed by atoms with Crippen molar-refractivity contribution in [2.75, 3.05) is 6.54 Å². The van der Waals surface area contributed by atoms with Gasteiger partial charge in [-0.1, -0.05) is 19.1 Å². The molecule has 1 heterocycles. The SMILES string of the molecule is CCNCc1cc(-c2ccccc2F)n[nH]1. The van der Waals surface area contributed by atoms with Crippen molar-refractivity contribution in [2.45, 2.75) is 13.5 Å². The summed E-state index contributed by atoms with van der Waals surface area (Å²) in [6.45, 7) is 3.65. The lowest BCUT2D eigenvalue weighted by Gasteiger charge is -1.97. The van der Waals surface area contributed by atoms with Crippen LogP contribution in [0.25, 0.3) is 11.3 Å². The van der Waals surface area contributed by atoms with Gasteiger partial charge in [-0.2, -0.15) is 5.10 Å². The molecule has 0 aliphatic heterocycles. The molecule has 2 rings (SSSR count). The number of rotatable bonds is 4. The zero-order chi connectivity index (χ0) is 11.4. The zero-order valence-corrected chi connectivity index (χ0v) is 9.13. The number of benzene rings is 1. The number of H-pyrrole nitrogens is 1. The Bertz CT molecular complexity index is 465. The summed E-state index contributed by atoms with van der Waals surface area (Å²) in [5, 5.41) is 10.2. The van der Waals surface area contributed by atoms with E-state index in [-0.39, 0.29) is 5.82 Å². The van der Waals surface area contributed by atoms with Crippen LogP contribution in [0.4, 0.5) is 4.39 Å². The first-order valence-corrected chi connectivity index (χ1v) is 5.31. The minimum atomic E-state index is -0.246. The van der Waals surface area contributed by atoms with E-state index >= 15 is 0 Å². The van der Waals surface area contributed by atoms with E-state index in [2.05, 4.69) is 15.5 Å². The number of nitrogens with one attached hydrogen (secondary N) is 2. The molecule has 0 amide bonds. The van der Waals surface area contributed by atoms with Crippen LogP contribution in [-0.2, 0) is 6.54 Å². The molecule has 0 aliphatic carbocycles. The van der Waals surface area contributed by atoms with Crippen molar-refractivity contribution >= 4 is 0 Å². The molecule has 84 valence electrons. The maximum absolute atomic E-state index is 13.5. The molecule has 0 aliphatic rings. The fourth-order valence-electron chi connectivity index (χ4n) is 1.52. The van der Waals surface area contributed by atoms with Gasteiger partial charge in [0.05, 0.1) is 5.69 Å². The van der Waals surface area contributed by atoms with Crippen molar-refractivity contribution < 1.29 is 4.39 Å². The van der Waals surface area contributed by atoms with Crippen LogP contribution in [0.1, 0.15) is 12.6 Å². The molecule has 1 aromatic heterocycles. The Morgan fingerprint density at radius 2 is 2.19 bits per heavy atom. The Labute approximate surface area is 93.7 Å². The van der Waals surface area contributed by atoms with E-state index in [0.29, 0.717) is 11.3 Å². The van der Waals surface area contributed by atoms with Gasteiger partial charge in [0, 0.05) is 17.8 Å². The lowest BCUT2D eigenvalue weighted by atomic mass is 10.1. The smallest absolute Gasteiger partial charge is 0.132 e. The average molecular weight is 219 g/mol. The predicted octanol–water partition coefficient (Wildman–Crippen LogP) is 2.33. The van der Waals surface area contributed by atoms with E-state index in [9.17, 15) is 4.39 Å². The third-order valence-corrected chi connectivity index (χ3v) is 2.35. The molecule has 3 nitrogen and oxygen atoms in total. The summed E-state index contributed by atoms with van der Waals surface area (Å²) in [6, 6.07) is 8.50. The molecule has 1 aromatic carbocycles. The quantitative estimate of drug-likeness (QED) is 0.828. The van der Waals surface area contributed by atoms with Crippen LogP contribution in [0.3, 0.4) is 0 Å². The van der Waals surface area contributed by atoms with Gasteiger partial charge >= 0.3 is 0 Å². The molecule has 16 heavy (non-hydrogen) atoms. The first kappa shape index (κ1) is 10.8. The second-order valence-electron chi connectivity index (χ2n) is 3.54. The van der Waals surface area contributed by atoms with Crippen LogP contribution in [0.15, 0.2) is 30.3 Å². The fourth-order valence-corrected chi connectivity index (χ4v) is 1.52. The van der Waals surface area contributed by atoms with Crippen molar-refractivity contribution in [1.29, 1.82) is 0 Å². The Kier molecular flexibility index (Phi) is 3.31. The third-order valence-electron chi connectivity index (χ3n) is 2.35. The standard InChI is InChI=1S/C12H14FN3/c1-2-14-8-9-7-12(16-15-9)10-5-3-4-6-11(10)13/h3-7,14H,2,8H2,1H3,(H,15,16). The average Bonchev–Trinajstić information content (AvgIpc) is 2.75. The molecule has 2 aromatic rings. The first-order chi connectivity index (χ1) is 7.81. The van der Waals surface area contributed by atoms with Gasteiger partial charge in [-0.15, -0.1) is 0 Å². The van der Waals surface area contributed by atoms with E-state index in [1.165, 1.54) is 6.07 Å². The largest absolute Gasteiger partial charge is 0.311 e. The van der Waals surface area contributed by atoms with Gasteiger partial charge in [-0.3, -0.25) is 5.10 Å². The lowest BCUT2D eigenvalue weighted by Crippen LogP contribution is -2.11. The highest BCUT2D eigenvalue weighted by molar-refractivity contribution is 5.59. The number of aromatic nitrogens is 2. The molecule has 0 saturated carbocycles. The normalized spacial score (nSPS) is 10.6. The van der Waals surface area contributed by atoms with E-state index < -0.39 is 0 Å². The fraction of sp³-hybridized carbons (Fsp3) is 0.250. The molecule has 0 spiro atoms. The van der Waals surface area contributed by atoms with Gasteiger partial charge in [-0.05, 0) is 24.7 Å². The van der Waals surface area contributed by atoms with E-state index in [4.69, 9.17) is 0 Å². The highest BCUT2D eigenvalue weighted by Crippen LogP contribution is 2.20. The molecular formula is C12H14FN3. The molecule has 0 saturated heterocycles.